The Bertz CT molecular complexity index is 1430. The Hall–Kier alpha value is -3.79. The second-order valence-corrected chi connectivity index (χ2v) is 9.37. The second kappa shape index (κ2) is 10.1. The number of hydrogen-bond donors (Lipinski definition) is 4. The monoisotopic (exact) mass is 511 g/mol. The average molecular weight is 512 g/mol. The molecule has 11 heteroatoms. The van der Waals surface area contributed by atoms with E-state index in [9.17, 15) is 13.6 Å². The van der Waals surface area contributed by atoms with E-state index < -0.39 is 11.6 Å². The van der Waals surface area contributed by atoms with Crippen molar-refractivity contribution in [2.75, 3.05) is 17.6 Å². The van der Waals surface area contributed by atoms with Crippen LogP contribution < -0.4 is 16.4 Å². The van der Waals surface area contributed by atoms with E-state index >= 15 is 0 Å². The Balaban J connectivity index is 1.26. The van der Waals surface area contributed by atoms with Crippen LogP contribution >= 0.6 is 11.6 Å². The number of pyridine rings is 1. The molecule has 0 radical (unpaired) electrons. The molecule has 3 heterocycles. The molecule has 0 bridgehead atoms. The van der Waals surface area contributed by atoms with Gasteiger partial charge in [-0.05, 0) is 49.4 Å². The number of nitrogens with zero attached hydrogens (tertiary/aromatic N) is 3. The van der Waals surface area contributed by atoms with Crippen molar-refractivity contribution in [3.05, 3.63) is 65.1 Å². The third-order valence-corrected chi connectivity index (χ3v) is 6.59. The van der Waals surface area contributed by atoms with Crippen molar-refractivity contribution in [1.82, 2.24) is 25.3 Å². The molecule has 1 aliphatic rings. The van der Waals surface area contributed by atoms with E-state index in [0.717, 1.165) is 31.9 Å². The number of nitrogen functional groups attached to an aromatic ring is 1. The molecule has 1 aromatic carbocycles. The molecule has 1 aliphatic carbocycles. The lowest BCUT2D eigenvalue weighted by Gasteiger charge is -2.30. The van der Waals surface area contributed by atoms with Crippen LogP contribution in [0.3, 0.4) is 0 Å². The maximum atomic E-state index is 14.5. The quantitative estimate of drug-likeness (QED) is 0.291. The van der Waals surface area contributed by atoms with E-state index in [1.54, 1.807) is 30.5 Å². The van der Waals surface area contributed by atoms with Crippen LogP contribution in [0.15, 0.2) is 42.7 Å². The lowest BCUT2D eigenvalue weighted by atomic mass is 9.85. The number of benzene rings is 1. The van der Waals surface area contributed by atoms with Gasteiger partial charge in [0.1, 0.15) is 17.3 Å². The molecular formula is C25H24ClF2N7O. The molecule has 4 aromatic rings. The summed E-state index contributed by atoms with van der Waals surface area (Å²) < 4.78 is 28.7. The van der Waals surface area contributed by atoms with E-state index in [-0.39, 0.29) is 45.7 Å². The molecule has 1 saturated carbocycles. The highest BCUT2D eigenvalue weighted by Crippen LogP contribution is 2.31. The summed E-state index contributed by atoms with van der Waals surface area (Å²) in [4.78, 5) is 27.9. The zero-order chi connectivity index (χ0) is 25.2. The molecule has 0 unspecified atom stereocenters. The molecule has 0 spiro atoms. The normalized spacial score (nSPS) is 17.8. The summed E-state index contributed by atoms with van der Waals surface area (Å²) in [5.41, 5.74) is 6.75. The molecule has 2 atom stereocenters. The number of nitrogens with one attached hydrogen (secondary N) is 3. The number of aromatic amines is 1. The Morgan fingerprint density at radius 3 is 2.89 bits per heavy atom. The van der Waals surface area contributed by atoms with Gasteiger partial charge in [-0.1, -0.05) is 24.1 Å². The number of H-pyrrole nitrogens is 1. The first-order chi connectivity index (χ1) is 17.4. The van der Waals surface area contributed by atoms with Crippen LogP contribution in [0, 0.1) is 17.6 Å². The van der Waals surface area contributed by atoms with Crippen molar-refractivity contribution in [2.45, 2.75) is 31.7 Å². The highest BCUT2D eigenvalue weighted by molar-refractivity contribution is 6.31. The van der Waals surface area contributed by atoms with E-state index in [2.05, 4.69) is 30.6 Å². The number of rotatable bonds is 6. The number of fused-ring (bicyclic) bond motifs is 1. The van der Waals surface area contributed by atoms with Gasteiger partial charge in [-0.3, -0.25) is 4.79 Å². The number of amides is 1. The smallest absolute Gasteiger partial charge is 0.270 e. The average Bonchev–Trinajstić information content (AvgIpc) is 3.28. The lowest BCUT2D eigenvalue weighted by Crippen LogP contribution is -2.40. The zero-order valence-electron chi connectivity index (χ0n) is 19.2. The van der Waals surface area contributed by atoms with E-state index in [1.165, 1.54) is 6.07 Å². The van der Waals surface area contributed by atoms with Crippen molar-refractivity contribution in [3.8, 4) is 11.4 Å². The minimum atomic E-state index is -0.587. The maximum Gasteiger partial charge on any atom is 0.270 e. The van der Waals surface area contributed by atoms with Gasteiger partial charge in [0, 0.05) is 34.8 Å². The van der Waals surface area contributed by atoms with Crippen LogP contribution in [0.4, 0.5) is 20.4 Å². The molecule has 8 nitrogen and oxygen atoms in total. The molecule has 0 aliphatic heterocycles. The van der Waals surface area contributed by atoms with Gasteiger partial charge >= 0.3 is 0 Å². The third kappa shape index (κ3) is 5.08. The van der Waals surface area contributed by atoms with Gasteiger partial charge in [-0.25, -0.2) is 23.7 Å². The topological polar surface area (TPSA) is 122 Å². The summed E-state index contributed by atoms with van der Waals surface area (Å²) in [6.07, 6.45) is 6.13. The minimum Gasteiger partial charge on any atom is -0.384 e. The van der Waals surface area contributed by atoms with Gasteiger partial charge < -0.3 is 21.4 Å². The van der Waals surface area contributed by atoms with Gasteiger partial charge in [-0.2, -0.15) is 0 Å². The SMILES string of the molecule is Nc1cccc(C(=O)N[C@@H]2CCC[C@H](CNc3nc(-c4c[nH]c5c(F)cc(Cl)cc45)ncc3F)C2)n1. The van der Waals surface area contributed by atoms with Crippen molar-refractivity contribution in [1.29, 1.82) is 0 Å². The van der Waals surface area contributed by atoms with E-state index in [4.69, 9.17) is 17.3 Å². The predicted molar refractivity (Wildman–Crippen MR) is 135 cm³/mol. The largest absolute Gasteiger partial charge is 0.384 e. The van der Waals surface area contributed by atoms with E-state index in [0.29, 0.717) is 23.3 Å². The van der Waals surface area contributed by atoms with Crippen LogP contribution in [-0.2, 0) is 0 Å². The zero-order valence-corrected chi connectivity index (χ0v) is 19.9. The molecule has 36 heavy (non-hydrogen) atoms. The maximum absolute atomic E-state index is 14.5. The first-order valence-corrected chi connectivity index (χ1v) is 12.0. The minimum absolute atomic E-state index is 0.0158. The Morgan fingerprint density at radius 1 is 1.19 bits per heavy atom. The summed E-state index contributed by atoms with van der Waals surface area (Å²) in [6.45, 7) is 0.477. The standard InChI is InChI=1S/C25H24ClF2N7O/c26-14-8-16-17(11-30-22(16)18(27)9-14)23-32-12-19(28)24(35-23)31-10-13-3-1-4-15(7-13)33-25(36)20-5-2-6-21(29)34-20/h2,5-6,8-9,11-13,15,30H,1,3-4,7,10H2,(H2,29,34)(H,33,36)(H,31,32,35)/t13-,15+/m0/s1. The van der Waals surface area contributed by atoms with E-state index in [1.807, 2.05) is 0 Å². The summed E-state index contributed by atoms with van der Waals surface area (Å²) in [7, 11) is 0. The summed E-state index contributed by atoms with van der Waals surface area (Å²) in [6, 6.07) is 7.76. The molecule has 1 amide bonds. The van der Waals surface area contributed by atoms with Crippen molar-refractivity contribution in [2.24, 2.45) is 5.92 Å². The van der Waals surface area contributed by atoms with Crippen LogP contribution in [0.5, 0.6) is 0 Å². The summed E-state index contributed by atoms with van der Waals surface area (Å²) >= 11 is 6.02. The number of anilines is 2. The molecule has 5 N–H and O–H groups in total. The van der Waals surface area contributed by atoms with Crippen LogP contribution in [-0.4, -0.2) is 38.4 Å². The van der Waals surface area contributed by atoms with Crippen molar-refractivity contribution in [3.63, 3.8) is 0 Å². The molecular weight excluding hydrogens is 488 g/mol. The number of nitrogens with two attached hydrogens (primary N) is 1. The Morgan fingerprint density at radius 2 is 2.06 bits per heavy atom. The fraction of sp³-hybridized carbons (Fsp3) is 0.280. The highest BCUT2D eigenvalue weighted by atomic mass is 35.5. The number of carbonyl (C=O) groups excluding carboxylic acids is 1. The van der Waals surface area contributed by atoms with Gasteiger partial charge in [0.15, 0.2) is 17.5 Å². The lowest BCUT2D eigenvalue weighted by molar-refractivity contribution is 0.0916. The highest BCUT2D eigenvalue weighted by Gasteiger charge is 2.25. The Kier molecular flexibility index (Phi) is 6.69. The predicted octanol–water partition coefficient (Wildman–Crippen LogP) is 4.93. The number of carbonyl (C=O) groups is 1. The molecule has 3 aromatic heterocycles. The molecule has 0 saturated heterocycles. The fourth-order valence-corrected chi connectivity index (χ4v) is 4.85. The first kappa shape index (κ1) is 23.9. The van der Waals surface area contributed by atoms with Crippen LogP contribution in [0.1, 0.15) is 36.2 Å². The number of halogens is 3. The van der Waals surface area contributed by atoms with Crippen molar-refractivity contribution >= 4 is 40.0 Å². The fourth-order valence-electron chi connectivity index (χ4n) is 4.65. The van der Waals surface area contributed by atoms with Gasteiger partial charge in [0.2, 0.25) is 0 Å². The number of aromatic nitrogens is 4. The second-order valence-electron chi connectivity index (χ2n) is 8.93. The van der Waals surface area contributed by atoms with Crippen LogP contribution in [0.25, 0.3) is 22.3 Å². The molecule has 5 rings (SSSR count). The van der Waals surface area contributed by atoms with Gasteiger partial charge in [0.25, 0.3) is 5.91 Å². The van der Waals surface area contributed by atoms with Crippen molar-refractivity contribution < 1.29 is 13.6 Å². The number of hydrogen-bond acceptors (Lipinski definition) is 6. The molecule has 1 fully saturated rings. The third-order valence-electron chi connectivity index (χ3n) is 6.37. The summed E-state index contributed by atoms with van der Waals surface area (Å²) in [5.74, 6) is -0.534. The summed E-state index contributed by atoms with van der Waals surface area (Å²) in [5, 5.41) is 6.87. The van der Waals surface area contributed by atoms with Gasteiger partial charge in [-0.15, -0.1) is 0 Å². The Labute approximate surface area is 210 Å². The van der Waals surface area contributed by atoms with Crippen LogP contribution in [0.2, 0.25) is 5.02 Å². The van der Waals surface area contributed by atoms with Gasteiger partial charge in [0.05, 0.1) is 11.7 Å². The first-order valence-electron chi connectivity index (χ1n) is 11.6. The molecule has 186 valence electrons.